The number of nitrogens with one attached hydrogen (secondary N) is 1. The van der Waals surface area contributed by atoms with Gasteiger partial charge in [-0.1, -0.05) is 60.7 Å². The molecule has 29 heavy (non-hydrogen) atoms. The molecule has 150 valence electrons. The fourth-order valence-electron chi connectivity index (χ4n) is 3.12. The summed E-state index contributed by atoms with van der Waals surface area (Å²) in [6.07, 6.45) is 5.07. The van der Waals surface area contributed by atoms with Crippen LogP contribution in [0.5, 0.6) is 0 Å². The average molecular weight is 389 g/mol. The molecule has 0 saturated carbocycles. The van der Waals surface area contributed by atoms with Crippen LogP contribution < -0.4 is 10.2 Å². The van der Waals surface area contributed by atoms with Gasteiger partial charge < -0.3 is 10.2 Å². The second kappa shape index (κ2) is 10.4. The normalized spacial score (nSPS) is 10.7. The molecular formula is C24H28N4O. The minimum atomic E-state index is -0.184. The largest absolute Gasteiger partial charge is 0.351 e. The van der Waals surface area contributed by atoms with Gasteiger partial charge in [0.25, 0.3) is 5.91 Å². The summed E-state index contributed by atoms with van der Waals surface area (Å²) in [6, 6.07) is 20.8. The lowest BCUT2D eigenvalue weighted by Crippen LogP contribution is -2.31. The van der Waals surface area contributed by atoms with Crippen LogP contribution in [-0.2, 0) is 13.0 Å². The molecule has 0 aliphatic heterocycles. The SMILES string of the molecule is CC(C)N(Cc1ccccc1)c1cnc(C(=O)NCCCc2ccccc2)cn1. The van der Waals surface area contributed by atoms with Crippen LogP contribution >= 0.6 is 0 Å². The number of nitrogens with zero attached hydrogens (tertiary/aromatic N) is 3. The number of carbonyl (C=O) groups excluding carboxylic acids is 1. The fraction of sp³-hybridized carbons (Fsp3) is 0.292. The minimum Gasteiger partial charge on any atom is -0.351 e. The van der Waals surface area contributed by atoms with Crippen LogP contribution in [0.1, 0.15) is 41.9 Å². The Bertz CT molecular complexity index is 880. The molecular weight excluding hydrogens is 360 g/mol. The van der Waals surface area contributed by atoms with Gasteiger partial charge in [-0.2, -0.15) is 0 Å². The molecule has 0 saturated heterocycles. The van der Waals surface area contributed by atoms with Gasteiger partial charge in [0.05, 0.1) is 12.4 Å². The van der Waals surface area contributed by atoms with E-state index in [1.165, 1.54) is 11.1 Å². The van der Waals surface area contributed by atoms with Gasteiger partial charge in [0.2, 0.25) is 0 Å². The average Bonchev–Trinajstić information content (AvgIpc) is 2.76. The second-order valence-corrected chi connectivity index (χ2v) is 7.31. The predicted octanol–water partition coefficient (Wildman–Crippen LogP) is 4.25. The van der Waals surface area contributed by atoms with Gasteiger partial charge in [0.15, 0.2) is 0 Å². The number of anilines is 1. The Kier molecular flexibility index (Phi) is 7.34. The van der Waals surface area contributed by atoms with Crippen molar-refractivity contribution in [3.63, 3.8) is 0 Å². The lowest BCUT2D eigenvalue weighted by atomic mass is 10.1. The molecule has 0 aliphatic rings. The third-order valence-electron chi connectivity index (χ3n) is 4.75. The maximum Gasteiger partial charge on any atom is 0.271 e. The van der Waals surface area contributed by atoms with Crippen molar-refractivity contribution in [1.29, 1.82) is 0 Å². The van der Waals surface area contributed by atoms with Crippen LogP contribution in [0.4, 0.5) is 5.82 Å². The summed E-state index contributed by atoms with van der Waals surface area (Å²) in [5.41, 5.74) is 2.83. The maximum atomic E-state index is 12.3. The first kappa shape index (κ1) is 20.5. The monoisotopic (exact) mass is 388 g/mol. The molecule has 0 aliphatic carbocycles. The molecule has 1 N–H and O–H groups in total. The third kappa shape index (κ3) is 6.14. The summed E-state index contributed by atoms with van der Waals surface area (Å²) >= 11 is 0. The molecule has 0 radical (unpaired) electrons. The standard InChI is InChI=1S/C24H28N4O/c1-19(2)28(18-21-12-7-4-8-13-21)23-17-26-22(16-27-23)24(29)25-15-9-14-20-10-5-3-6-11-20/h3-8,10-13,16-17,19H,9,14-15,18H2,1-2H3,(H,25,29). The number of hydrogen-bond donors (Lipinski definition) is 1. The van der Waals surface area contributed by atoms with Gasteiger partial charge >= 0.3 is 0 Å². The molecule has 3 aromatic rings. The van der Waals surface area contributed by atoms with E-state index in [-0.39, 0.29) is 11.9 Å². The van der Waals surface area contributed by atoms with Crippen LogP contribution in [-0.4, -0.2) is 28.5 Å². The van der Waals surface area contributed by atoms with Crippen LogP contribution in [0.15, 0.2) is 73.1 Å². The van der Waals surface area contributed by atoms with Crippen molar-refractivity contribution in [3.05, 3.63) is 89.9 Å². The molecule has 0 unspecified atom stereocenters. The van der Waals surface area contributed by atoms with E-state index < -0.39 is 0 Å². The lowest BCUT2D eigenvalue weighted by molar-refractivity contribution is 0.0948. The fourth-order valence-corrected chi connectivity index (χ4v) is 3.12. The number of aryl methyl sites for hydroxylation is 1. The molecule has 0 spiro atoms. The van der Waals surface area contributed by atoms with E-state index in [0.717, 1.165) is 25.2 Å². The van der Waals surface area contributed by atoms with E-state index in [9.17, 15) is 4.79 Å². The molecule has 5 nitrogen and oxygen atoms in total. The zero-order valence-electron chi connectivity index (χ0n) is 17.1. The summed E-state index contributed by atoms with van der Waals surface area (Å²) in [7, 11) is 0. The molecule has 3 rings (SSSR count). The highest BCUT2D eigenvalue weighted by atomic mass is 16.1. The Morgan fingerprint density at radius 2 is 1.59 bits per heavy atom. The van der Waals surface area contributed by atoms with Crippen molar-refractivity contribution in [2.75, 3.05) is 11.4 Å². The van der Waals surface area contributed by atoms with Crippen LogP contribution in [0.25, 0.3) is 0 Å². The molecule has 2 aromatic carbocycles. The topological polar surface area (TPSA) is 58.1 Å². The number of rotatable bonds is 9. The minimum absolute atomic E-state index is 0.184. The molecule has 1 heterocycles. The molecule has 0 bridgehead atoms. The lowest BCUT2D eigenvalue weighted by Gasteiger charge is -2.27. The Morgan fingerprint density at radius 3 is 2.17 bits per heavy atom. The highest BCUT2D eigenvalue weighted by Crippen LogP contribution is 2.17. The number of carbonyl (C=O) groups is 1. The van der Waals surface area contributed by atoms with Gasteiger partial charge in [0, 0.05) is 19.1 Å². The summed E-state index contributed by atoms with van der Waals surface area (Å²) in [4.78, 5) is 23.3. The Balaban J connectivity index is 1.54. The first-order valence-electron chi connectivity index (χ1n) is 10.1. The van der Waals surface area contributed by atoms with Crippen molar-refractivity contribution in [2.45, 2.75) is 39.3 Å². The zero-order valence-corrected chi connectivity index (χ0v) is 17.1. The Hall–Kier alpha value is -3.21. The van der Waals surface area contributed by atoms with Crippen molar-refractivity contribution in [3.8, 4) is 0 Å². The number of benzene rings is 2. The number of hydrogen-bond acceptors (Lipinski definition) is 4. The quantitative estimate of drug-likeness (QED) is 0.557. The van der Waals surface area contributed by atoms with Crippen molar-refractivity contribution < 1.29 is 4.79 Å². The highest BCUT2D eigenvalue weighted by molar-refractivity contribution is 5.91. The van der Waals surface area contributed by atoms with Gasteiger partial charge in [-0.15, -0.1) is 0 Å². The third-order valence-corrected chi connectivity index (χ3v) is 4.75. The second-order valence-electron chi connectivity index (χ2n) is 7.31. The molecule has 5 heteroatoms. The Morgan fingerprint density at radius 1 is 0.931 bits per heavy atom. The van der Waals surface area contributed by atoms with E-state index in [1.807, 2.05) is 36.4 Å². The summed E-state index contributed by atoms with van der Waals surface area (Å²) in [5, 5.41) is 2.93. The smallest absolute Gasteiger partial charge is 0.271 e. The summed E-state index contributed by atoms with van der Waals surface area (Å²) in [5.74, 6) is 0.584. The molecule has 1 amide bonds. The van der Waals surface area contributed by atoms with Crippen LogP contribution in [0, 0.1) is 0 Å². The highest BCUT2D eigenvalue weighted by Gasteiger charge is 2.14. The summed E-state index contributed by atoms with van der Waals surface area (Å²) < 4.78 is 0. The first-order chi connectivity index (χ1) is 14.1. The van der Waals surface area contributed by atoms with Crippen LogP contribution in [0.3, 0.4) is 0 Å². The van der Waals surface area contributed by atoms with E-state index in [0.29, 0.717) is 12.2 Å². The number of aromatic nitrogens is 2. The molecule has 1 aromatic heterocycles. The van der Waals surface area contributed by atoms with E-state index in [2.05, 4.69) is 58.3 Å². The Labute approximate surface area is 172 Å². The van der Waals surface area contributed by atoms with Crippen molar-refractivity contribution in [2.24, 2.45) is 0 Å². The van der Waals surface area contributed by atoms with Crippen LogP contribution in [0.2, 0.25) is 0 Å². The van der Waals surface area contributed by atoms with E-state index in [4.69, 9.17) is 0 Å². The predicted molar refractivity (Wildman–Crippen MR) is 117 cm³/mol. The maximum absolute atomic E-state index is 12.3. The first-order valence-corrected chi connectivity index (χ1v) is 10.1. The van der Waals surface area contributed by atoms with Gasteiger partial charge in [-0.3, -0.25) is 4.79 Å². The van der Waals surface area contributed by atoms with Crippen molar-refractivity contribution >= 4 is 11.7 Å². The van der Waals surface area contributed by atoms with Crippen molar-refractivity contribution in [1.82, 2.24) is 15.3 Å². The van der Waals surface area contributed by atoms with E-state index in [1.54, 1.807) is 12.4 Å². The van der Waals surface area contributed by atoms with E-state index >= 15 is 0 Å². The van der Waals surface area contributed by atoms with Gasteiger partial charge in [-0.25, -0.2) is 9.97 Å². The van der Waals surface area contributed by atoms with Gasteiger partial charge in [0.1, 0.15) is 11.5 Å². The summed E-state index contributed by atoms with van der Waals surface area (Å²) in [6.45, 7) is 5.61. The van der Waals surface area contributed by atoms with Gasteiger partial charge in [-0.05, 0) is 37.8 Å². The zero-order chi connectivity index (χ0) is 20.5. The number of amides is 1. The molecule has 0 atom stereocenters. The molecule has 0 fully saturated rings.